The maximum absolute atomic E-state index is 13.8. The van der Waals surface area contributed by atoms with Crippen molar-refractivity contribution in [2.75, 3.05) is 21.3 Å². The van der Waals surface area contributed by atoms with Crippen molar-refractivity contribution in [1.29, 1.82) is 0 Å². The van der Waals surface area contributed by atoms with Crippen molar-refractivity contribution < 1.29 is 63.3 Å². The Balaban J connectivity index is 0.00000400. The number of carboxylic acid groups (broad SMARTS) is 1. The molecule has 0 radical (unpaired) electrons. The topological polar surface area (TPSA) is 128 Å². The minimum absolute atomic E-state index is 0. The van der Waals surface area contributed by atoms with Crippen molar-refractivity contribution in [2.24, 2.45) is 0 Å². The number of Topliss-reactive ketones (excluding diaryl/α,β-unsaturated/α-hetero) is 1. The number of benzene rings is 3. The van der Waals surface area contributed by atoms with E-state index in [2.05, 4.69) is 8.75 Å². The normalized spacial score (nSPS) is 11.2. The van der Waals surface area contributed by atoms with Gasteiger partial charge < -0.3 is 24.1 Å². The van der Waals surface area contributed by atoms with Gasteiger partial charge in [0.05, 0.1) is 44.6 Å². The first-order valence-corrected chi connectivity index (χ1v) is 11.7. The molecule has 0 unspecified atom stereocenters. The Morgan fingerprint density at radius 3 is 2.05 bits per heavy atom. The van der Waals surface area contributed by atoms with E-state index in [1.165, 1.54) is 33.5 Å². The molecule has 1 heterocycles. The summed E-state index contributed by atoms with van der Waals surface area (Å²) in [5.41, 5.74) is 2.21. The van der Waals surface area contributed by atoms with Crippen LogP contribution in [-0.2, 0) is 16.0 Å². The summed E-state index contributed by atoms with van der Waals surface area (Å²) in [6.07, 6.45) is -0.0503. The largest absolute Gasteiger partial charge is 1.00 e. The number of carbonyl (C=O) groups excluding carboxylic acids is 3. The van der Waals surface area contributed by atoms with Crippen LogP contribution in [0.3, 0.4) is 0 Å². The van der Waals surface area contributed by atoms with Crippen molar-refractivity contribution in [3.05, 3.63) is 88.5 Å². The molecule has 0 aliphatic rings. The van der Waals surface area contributed by atoms with Crippen LogP contribution in [0, 0.1) is 0 Å². The van der Waals surface area contributed by atoms with Crippen molar-refractivity contribution in [1.82, 2.24) is 8.75 Å². The Morgan fingerprint density at radius 2 is 1.42 bits per heavy atom. The maximum atomic E-state index is 13.8. The minimum Gasteiger partial charge on any atom is -0.545 e. The molecule has 0 N–H and O–H groups in total. The fraction of sp³-hybridized carbons (Fsp3) is 0.148. The first kappa shape index (κ1) is 29.0. The fourth-order valence-corrected chi connectivity index (χ4v) is 4.38. The summed E-state index contributed by atoms with van der Waals surface area (Å²) >= 11 is 0.999. The number of methoxy groups -OCH3 is 3. The second kappa shape index (κ2) is 12.8. The van der Waals surface area contributed by atoms with Gasteiger partial charge in [-0.15, -0.1) is 0 Å². The first-order valence-electron chi connectivity index (χ1n) is 11.0. The molecule has 0 amide bonds. The molecule has 0 fully saturated rings. The predicted molar refractivity (Wildman–Crippen MR) is 135 cm³/mol. The van der Waals surface area contributed by atoms with Gasteiger partial charge in [0.15, 0.2) is 17.3 Å². The molecule has 3 aromatic carbocycles. The summed E-state index contributed by atoms with van der Waals surface area (Å²) in [7, 11) is 4.19. The number of nitrogens with zero attached hydrogens (tertiary/aromatic N) is 2. The Labute approximate surface area is 244 Å². The van der Waals surface area contributed by atoms with Crippen LogP contribution in [0.25, 0.3) is 16.6 Å². The molecule has 11 heteroatoms. The number of hydrogen-bond donors (Lipinski definition) is 0. The molecule has 0 bridgehead atoms. The van der Waals surface area contributed by atoms with Gasteiger partial charge in [-0.3, -0.25) is 4.79 Å². The number of fused-ring (bicyclic) bond motifs is 1. The predicted octanol–water partition coefficient (Wildman–Crippen LogP) is 0.128. The van der Waals surface area contributed by atoms with Gasteiger partial charge in [-0.05, 0) is 53.6 Å². The van der Waals surface area contributed by atoms with Crippen LogP contribution >= 0.6 is 11.7 Å². The van der Waals surface area contributed by atoms with E-state index in [4.69, 9.17) is 14.2 Å². The van der Waals surface area contributed by atoms with Crippen molar-refractivity contribution in [3.63, 3.8) is 0 Å². The van der Waals surface area contributed by atoms with E-state index >= 15 is 0 Å². The Kier molecular flexibility index (Phi) is 9.76. The van der Waals surface area contributed by atoms with E-state index in [9.17, 15) is 19.5 Å². The van der Waals surface area contributed by atoms with Crippen molar-refractivity contribution in [3.8, 4) is 11.5 Å². The molecule has 9 nitrogen and oxygen atoms in total. The van der Waals surface area contributed by atoms with Gasteiger partial charge in [0.2, 0.25) is 0 Å². The number of carboxylic acids is 1. The van der Waals surface area contributed by atoms with Crippen LogP contribution in [0.5, 0.6) is 11.5 Å². The number of hydrogen-bond acceptors (Lipinski definition) is 10. The van der Waals surface area contributed by atoms with Gasteiger partial charge in [-0.25, -0.2) is 4.79 Å². The third kappa shape index (κ3) is 6.11. The summed E-state index contributed by atoms with van der Waals surface area (Å²) in [5, 5.41) is 12.5. The SMILES string of the molecule is COC(=O)c1ccc(C/C(C(=O)c2ccc(OC)c(OC)c2)=C(\C(=O)[O-])c2ccc3nsnc3c2)cc1.[Na+]. The number of allylic oxidation sites excluding steroid dienone is 1. The molecular weight excluding hydrogens is 519 g/mol. The van der Waals surface area contributed by atoms with E-state index in [1.54, 1.807) is 48.5 Å². The number of aliphatic carboxylic acids is 1. The van der Waals surface area contributed by atoms with Gasteiger partial charge in [0.25, 0.3) is 0 Å². The molecular formula is C27H21N2NaO7S. The molecule has 188 valence electrons. The summed E-state index contributed by atoms with van der Waals surface area (Å²) in [6.45, 7) is 0. The number of ketones is 1. The Morgan fingerprint density at radius 1 is 0.789 bits per heavy atom. The molecule has 38 heavy (non-hydrogen) atoms. The molecule has 0 spiro atoms. The summed E-state index contributed by atoms with van der Waals surface area (Å²) < 4.78 is 23.6. The van der Waals surface area contributed by atoms with Gasteiger partial charge >= 0.3 is 35.5 Å². The molecule has 4 aromatic rings. The number of rotatable bonds is 9. The maximum Gasteiger partial charge on any atom is 1.00 e. The van der Waals surface area contributed by atoms with Crippen LogP contribution in [0.1, 0.15) is 31.8 Å². The standard InChI is InChI=1S/C27H22N2O7S.Na/c1-34-22-11-9-18(14-23(22)35-2)25(30)19(12-15-4-6-16(7-5-15)27(33)36-3)24(26(31)32)17-8-10-20-21(13-17)29-37-28-20;/h4-11,13-14H,12H2,1-3H3,(H,31,32);/q;+1/p-1/b24-19+;. The van der Waals surface area contributed by atoms with Gasteiger partial charge in [-0.2, -0.15) is 8.75 Å². The Bertz CT molecular complexity index is 1530. The van der Waals surface area contributed by atoms with E-state index < -0.39 is 17.7 Å². The summed E-state index contributed by atoms with van der Waals surface area (Å²) in [5.74, 6) is -1.82. The number of aromatic nitrogens is 2. The van der Waals surface area contributed by atoms with E-state index in [0.717, 1.165) is 11.7 Å². The second-order valence-corrected chi connectivity index (χ2v) is 8.40. The zero-order chi connectivity index (χ0) is 26.5. The van der Waals surface area contributed by atoms with E-state index in [-0.39, 0.29) is 58.3 Å². The molecule has 4 rings (SSSR count). The third-order valence-electron chi connectivity index (χ3n) is 5.72. The average Bonchev–Trinajstić information content (AvgIpc) is 3.39. The number of carbonyl (C=O) groups is 3. The monoisotopic (exact) mass is 540 g/mol. The smallest absolute Gasteiger partial charge is 0.545 e. The van der Waals surface area contributed by atoms with Crippen LogP contribution in [-0.4, -0.2) is 47.8 Å². The molecule has 0 aliphatic carbocycles. The van der Waals surface area contributed by atoms with Crippen molar-refractivity contribution >= 4 is 46.1 Å². The quantitative estimate of drug-likeness (QED) is 0.126. The van der Waals surface area contributed by atoms with Crippen LogP contribution < -0.4 is 44.1 Å². The zero-order valence-corrected chi connectivity index (χ0v) is 24.0. The molecule has 0 aliphatic heterocycles. The zero-order valence-electron chi connectivity index (χ0n) is 21.1. The molecule has 0 saturated heterocycles. The van der Waals surface area contributed by atoms with Gasteiger partial charge in [0.1, 0.15) is 11.0 Å². The first-order chi connectivity index (χ1) is 17.9. The average molecular weight is 541 g/mol. The van der Waals surface area contributed by atoms with Gasteiger partial charge in [-0.1, -0.05) is 18.2 Å². The van der Waals surface area contributed by atoms with E-state index in [1.807, 2.05) is 0 Å². The molecule has 0 atom stereocenters. The van der Waals surface area contributed by atoms with Crippen LogP contribution in [0.15, 0.2) is 66.2 Å². The van der Waals surface area contributed by atoms with Crippen LogP contribution in [0.4, 0.5) is 0 Å². The minimum atomic E-state index is -1.52. The second-order valence-electron chi connectivity index (χ2n) is 7.87. The van der Waals surface area contributed by atoms with Crippen molar-refractivity contribution in [2.45, 2.75) is 6.42 Å². The van der Waals surface area contributed by atoms with E-state index in [0.29, 0.717) is 33.7 Å². The molecule has 1 aromatic heterocycles. The van der Waals surface area contributed by atoms with Gasteiger partial charge in [0, 0.05) is 23.1 Å². The number of ether oxygens (including phenoxy) is 3. The number of esters is 1. The third-order valence-corrected chi connectivity index (χ3v) is 6.28. The summed E-state index contributed by atoms with van der Waals surface area (Å²) in [6, 6.07) is 15.7. The molecule has 0 saturated carbocycles. The fourth-order valence-electron chi connectivity index (χ4n) is 3.87. The summed E-state index contributed by atoms with van der Waals surface area (Å²) in [4.78, 5) is 38.1. The van der Waals surface area contributed by atoms with Crippen LogP contribution in [0.2, 0.25) is 0 Å². The Hall–Kier alpha value is -3.57.